The van der Waals surface area contributed by atoms with Gasteiger partial charge in [-0.2, -0.15) is 0 Å². The fourth-order valence-corrected chi connectivity index (χ4v) is 3.69. The van der Waals surface area contributed by atoms with E-state index in [-0.39, 0.29) is 6.10 Å². The molecule has 4 heteroatoms. The van der Waals surface area contributed by atoms with Crippen molar-refractivity contribution >= 4 is 5.97 Å². The maximum atomic E-state index is 12.0. The van der Waals surface area contributed by atoms with Gasteiger partial charge in [0.15, 0.2) is 0 Å². The van der Waals surface area contributed by atoms with E-state index in [0.717, 1.165) is 56.6 Å². The molecule has 1 aromatic carbocycles. The number of carbonyl (C=O) groups is 1. The highest BCUT2D eigenvalue weighted by Crippen LogP contribution is 2.44. The van der Waals surface area contributed by atoms with Gasteiger partial charge in [0, 0.05) is 18.4 Å². The van der Waals surface area contributed by atoms with Crippen molar-refractivity contribution in [2.75, 3.05) is 13.2 Å². The molecule has 0 atom stereocenters. The molecule has 120 valence electrons. The molecule has 3 rings (SSSR count). The third kappa shape index (κ3) is 2.98. The quantitative estimate of drug-likeness (QED) is 0.924. The number of para-hydroxylation sites is 1. The molecule has 1 heterocycles. The summed E-state index contributed by atoms with van der Waals surface area (Å²) in [5, 5.41) is 9.90. The first-order chi connectivity index (χ1) is 10.7. The maximum Gasteiger partial charge on any atom is 0.314 e. The standard InChI is InChI=1S/C18H24O4/c19-17(20)18(10-4-1-5-11-18)15-6-2-3-7-16(15)22-14-8-12-21-13-9-14/h2-3,6-7,14H,1,4-5,8-13H2,(H,19,20). The number of carboxylic acid groups (broad SMARTS) is 1. The summed E-state index contributed by atoms with van der Waals surface area (Å²) in [6.45, 7) is 1.44. The highest BCUT2D eigenvalue weighted by Gasteiger charge is 2.43. The minimum Gasteiger partial charge on any atom is -0.490 e. The molecule has 0 amide bonds. The summed E-state index contributed by atoms with van der Waals surface area (Å²) in [7, 11) is 0. The van der Waals surface area contributed by atoms with Crippen molar-refractivity contribution in [1.82, 2.24) is 0 Å². The molecule has 22 heavy (non-hydrogen) atoms. The van der Waals surface area contributed by atoms with Crippen LogP contribution in [0.5, 0.6) is 5.75 Å². The lowest BCUT2D eigenvalue weighted by atomic mass is 9.69. The Bertz CT molecular complexity index is 514. The number of rotatable bonds is 4. The van der Waals surface area contributed by atoms with Gasteiger partial charge in [-0.25, -0.2) is 0 Å². The largest absolute Gasteiger partial charge is 0.490 e. The van der Waals surface area contributed by atoms with Crippen molar-refractivity contribution in [2.24, 2.45) is 0 Å². The zero-order chi connectivity index (χ0) is 15.4. The first kappa shape index (κ1) is 15.3. The number of hydrogen-bond donors (Lipinski definition) is 1. The number of ether oxygens (including phenoxy) is 2. The van der Waals surface area contributed by atoms with Crippen LogP contribution in [0, 0.1) is 0 Å². The molecule has 1 aliphatic heterocycles. The second kappa shape index (κ2) is 6.69. The molecule has 0 bridgehead atoms. The van der Waals surface area contributed by atoms with Gasteiger partial charge in [-0.3, -0.25) is 4.79 Å². The van der Waals surface area contributed by atoms with E-state index in [1.807, 2.05) is 24.3 Å². The van der Waals surface area contributed by atoms with Gasteiger partial charge in [-0.05, 0) is 18.9 Å². The molecule has 0 aromatic heterocycles. The molecular formula is C18H24O4. The summed E-state index contributed by atoms with van der Waals surface area (Å²) in [6, 6.07) is 7.71. The predicted molar refractivity (Wildman–Crippen MR) is 83.3 cm³/mol. The smallest absolute Gasteiger partial charge is 0.314 e. The molecule has 1 N–H and O–H groups in total. The first-order valence-corrected chi connectivity index (χ1v) is 8.30. The van der Waals surface area contributed by atoms with E-state index in [9.17, 15) is 9.90 Å². The Labute approximate surface area is 131 Å². The zero-order valence-corrected chi connectivity index (χ0v) is 12.9. The third-order valence-corrected chi connectivity index (χ3v) is 4.98. The molecule has 2 aliphatic rings. The average Bonchev–Trinajstić information content (AvgIpc) is 2.57. The molecule has 2 fully saturated rings. The second-order valence-electron chi connectivity index (χ2n) is 6.37. The van der Waals surface area contributed by atoms with E-state index >= 15 is 0 Å². The van der Waals surface area contributed by atoms with Gasteiger partial charge in [0.05, 0.1) is 18.6 Å². The number of aliphatic carboxylic acids is 1. The molecule has 4 nitrogen and oxygen atoms in total. The van der Waals surface area contributed by atoms with Crippen molar-refractivity contribution in [2.45, 2.75) is 56.5 Å². The highest BCUT2D eigenvalue weighted by molar-refractivity contribution is 5.82. The predicted octanol–water partition coefficient (Wildman–Crippen LogP) is 3.53. The van der Waals surface area contributed by atoms with Crippen molar-refractivity contribution in [1.29, 1.82) is 0 Å². The minimum absolute atomic E-state index is 0.129. The third-order valence-electron chi connectivity index (χ3n) is 4.98. The van der Waals surface area contributed by atoms with Crippen LogP contribution in [0.15, 0.2) is 24.3 Å². The number of hydrogen-bond acceptors (Lipinski definition) is 3. The number of carboxylic acids is 1. The monoisotopic (exact) mass is 304 g/mol. The molecule has 1 saturated heterocycles. The van der Waals surface area contributed by atoms with Crippen LogP contribution < -0.4 is 4.74 Å². The van der Waals surface area contributed by atoms with Crippen LogP contribution in [0.3, 0.4) is 0 Å². The first-order valence-electron chi connectivity index (χ1n) is 8.30. The lowest BCUT2D eigenvalue weighted by molar-refractivity contribution is -0.145. The van der Waals surface area contributed by atoms with Crippen molar-refractivity contribution < 1.29 is 19.4 Å². The van der Waals surface area contributed by atoms with Crippen LogP contribution in [-0.2, 0) is 14.9 Å². The Morgan fingerprint density at radius 2 is 1.82 bits per heavy atom. The Hall–Kier alpha value is -1.55. The summed E-state index contributed by atoms with van der Waals surface area (Å²) >= 11 is 0. The Kier molecular flexibility index (Phi) is 4.67. The van der Waals surface area contributed by atoms with Crippen LogP contribution in [-0.4, -0.2) is 30.4 Å². The van der Waals surface area contributed by atoms with Gasteiger partial charge in [-0.1, -0.05) is 37.5 Å². The normalized spacial score (nSPS) is 22.2. The summed E-state index contributed by atoms with van der Waals surface area (Å²) < 4.78 is 11.5. The zero-order valence-electron chi connectivity index (χ0n) is 12.9. The van der Waals surface area contributed by atoms with E-state index in [2.05, 4.69) is 0 Å². The van der Waals surface area contributed by atoms with Gasteiger partial charge in [0.1, 0.15) is 11.9 Å². The van der Waals surface area contributed by atoms with Crippen LogP contribution in [0.1, 0.15) is 50.5 Å². The van der Waals surface area contributed by atoms with Crippen LogP contribution in [0.25, 0.3) is 0 Å². The molecule has 0 radical (unpaired) electrons. The molecule has 1 aromatic rings. The van der Waals surface area contributed by atoms with Gasteiger partial charge in [0.2, 0.25) is 0 Å². The highest BCUT2D eigenvalue weighted by atomic mass is 16.5. The minimum atomic E-state index is -0.778. The summed E-state index contributed by atoms with van der Waals surface area (Å²) in [4.78, 5) is 12.0. The van der Waals surface area contributed by atoms with Gasteiger partial charge >= 0.3 is 5.97 Å². The maximum absolute atomic E-state index is 12.0. The van der Waals surface area contributed by atoms with Gasteiger partial charge in [-0.15, -0.1) is 0 Å². The van der Waals surface area contributed by atoms with E-state index in [0.29, 0.717) is 12.8 Å². The summed E-state index contributed by atoms with van der Waals surface area (Å²) in [5.41, 5.74) is 0.0775. The summed E-state index contributed by atoms with van der Waals surface area (Å²) in [6.07, 6.45) is 6.34. The summed E-state index contributed by atoms with van der Waals surface area (Å²) in [5.74, 6) is 0.0360. The van der Waals surface area contributed by atoms with E-state index in [1.165, 1.54) is 0 Å². The fraction of sp³-hybridized carbons (Fsp3) is 0.611. The average molecular weight is 304 g/mol. The topological polar surface area (TPSA) is 55.8 Å². The lowest BCUT2D eigenvalue weighted by Gasteiger charge is -2.35. The van der Waals surface area contributed by atoms with E-state index in [4.69, 9.17) is 9.47 Å². The van der Waals surface area contributed by atoms with Crippen molar-refractivity contribution in [3.05, 3.63) is 29.8 Å². The van der Waals surface area contributed by atoms with Gasteiger partial charge < -0.3 is 14.6 Å². The van der Waals surface area contributed by atoms with Crippen molar-refractivity contribution in [3.8, 4) is 5.75 Å². The molecule has 1 aliphatic carbocycles. The Morgan fingerprint density at radius 3 is 2.50 bits per heavy atom. The van der Waals surface area contributed by atoms with Crippen LogP contribution >= 0.6 is 0 Å². The van der Waals surface area contributed by atoms with E-state index < -0.39 is 11.4 Å². The van der Waals surface area contributed by atoms with Crippen molar-refractivity contribution in [3.63, 3.8) is 0 Å². The van der Waals surface area contributed by atoms with Gasteiger partial charge in [0.25, 0.3) is 0 Å². The Balaban J connectivity index is 1.90. The van der Waals surface area contributed by atoms with Crippen LogP contribution in [0.4, 0.5) is 0 Å². The SMILES string of the molecule is O=C(O)C1(c2ccccc2OC2CCOCC2)CCCCC1. The Morgan fingerprint density at radius 1 is 1.14 bits per heavy atom. The molecule has 1 saturated carbocycles. The number of benzene rings is 1. The molecule has 0 spiro atoms. The fourth-order valence-electron chi connectivity index (χ4n) is 3.69. The van der Waals surface area contributed by atoms with E-state index in [1.54, 1.807) is 0 Å². The van der Waals surface area contributed by atoms with Crippen LogP contribution in [0.2, 0.25) is 0 Å². The molecule has 0 unspecified atom stereocenters. The lowest BCUT2D eigenvalue weighted by Crippen LogP contribution is -2.38. The second-order valence-corrected chi connectivity index (χ2v) is 6.37. The molecular weight excluding hydrogens is 280 g/mol.